The van der Waals surface area contributed by atoms with E-state index in [0.29, 0.717) is 16.3 Å². The fraction of sp³-hybridized carbons (Fsp3) is 0.125. The third-order valence-electron chi connectivity index (χ3n) is 2.95. The molecule has 0 spiro atoms. The van der Waals surface area contributed by atoms with Crippen LogP contribution in [-0.2, 0) is 9.53 Å². The van der Waals surface area contributed by atoms with Crippen LogP contribution in [0.25, 0.3) is 5.70 Å². The molecule has 0 aliphatic heterocycles. The highest BCUT2D eigenvalue weighted by atomic mass is 35.5. The van der Waals surface area contributed by atoms with Crippen LogP contribution < -0.4 is 0 Å². The van der Waals surface area contributed by atoms with Gasteiger partial charge in [0.05, 0.1) is 12.8 Å². The lowest BCUT2D eigenvalue weighted by atomic mass is 10.1. The maximum Gasteiger partial charge on any atom is 0.355 e. The van der Waals surface area contributed by atoms with E-state index in [0.717, 1.165) is 0 Å². The number of esters is 1. The second-order valence-electron chi connectivity index (χ2n) is 4.33. The molecule has 0 radical (unpaired) electrons. The number of ether oxygens (including phenoxy) is 1. The second kappa shape index (κ2) is 7.33. The van der Waals surface area contributed by atoms with Crippen LogP contribution in [-0.4, -0.2) is 29.7 Å². The van der Waals surface area contributed by atoms with E-state index in [9.17, 15) is 9.59 Å². The number of hydrogen-bond acceptors (Lipinski definition) is 4. The van der Waals surface area contributed by atoms with Crippen LogP contribution in [0.15, 0.2) is 48.0 Å². The minimum Gasteiger partial charge on any atom is -0.464 e. The first-order chi connectivity index (χ1) is 10.6. The Morgan fingerprint density at radius 3 is 2.68 bits per heavy atom. The van der Waals surface area contributed by atoms with Crippen LogP contribution >= 0.6 is 23.4 Å². The molecule has 0 amide bonds. The van der Waals surface area contributed by atoms with E-state index < -0.39 is 5.97 Å². The van der Waals surface area contributed by atoms with Crippen LogP contribution in [0.4, 0.5) is 0 Å². The fourth-order valence-corrected chi connectivity index (χ4v) is 2.60. The number of halogens is 1. The molecule has 0 saturated heterocycles. The van der Waals surface area contributed by atoms with Gasteiger partial charge in [-0.05, 0) is 30.5 Å². The Bertz CT molecular complexity index is 736. The molecule has 0 bridgehead atoms. The summed E-state index contributed by atoms with van der Waals surface area (Å²) in [6, 6.07) is 10.0. The molecule has 0 saturated carbocycles. The zero-order valence-corrected chi connectivity index (χ0v) is 13.6. The average molecular weight is 336 g/mol. The van der Waals surface area contributed by atoms with Gasteiger partial charge in [0.15, 0.2) is 0 Å². The second-order valence-corrected chi connectivity index (χ2v) is 5.48. The number of carbonyl (C=O) groups excluding carboxylic acids is 2. The van der Waals surface area contributed by atoms with Crippen molar-refractivity contribution in [3.63, 3.8) is 0 Å². The van der Waals surface area contributed by atoms with Gasteiger partial charge in [-0.25, -0.2) is 4.79 Å². The van der Waals surface area contributed by atoms with Gasteiger partial charge in [0.2, 0.25) is 5.78 Å². The number of benzene rings is 1. The van der Waals surface area contributed by atoms with Gasteiger partial charge in [0.25, 0.3) is 0 Å². The predicted octanol–water partition coefficient (Wildman–Crippen LogP) is 3.71. The van der Waals surface area contributed by atoms with Gasteiger partial charge in [0.1, 0.15) is 5.70 Å². The molecule has 0 unspecified atom stereocenters. The topological polar surface area (TPSA) is 48.3 Å². The lowest BCUT2D eigenvalue weighted by Gasteiger charge is -2.11. The minimum absolute atomic E-state index is 0.219. The SMILES string of the molecule is COC(=O)/C(=C/SC)n1cccc1C(=O)c1cccc(Cl)c1. The first kappa shape index (κ1) is 16.4. The standard InChI is InChI=1S/C16H14ClNO3S/c1-21-16(20)14(10-22-2)18-8-4-7-13(18)15(19)11-5-3-6-12(17)9-11/h3-10H,1-2H3/b14-10-. The molecular formula is C16H14ClNO3S. The molecule has 0 aliphatic carbocycles. The molecule has 6 heteroatoms. The maximum atomic E-state index is 12.6. The molecule has 0 fully saturated rings. The Labute approximate surface area is 137 Å². The van der Waals surface area contributed by atoms with Crippen LogP contribution in [0, 0.1) is 0 Å². The number of carbonyl (C=O) groups is 2. The van der Waals surface area contributed by atoms with Gasteiger partial charge < -0.3 is 9.30 Å². The van der Waals surface area contributed by atoms with Crippen LogP contribution in [0.3, 0.4) is 0 Å². The van der Waals surface area contributed by atoms with Crippen molar-refractivity contribution in [2.24, 2.45) is 0 Å². The lowest BCUT2D eigenvalue weighted by molar-refractivity contribution is -0.134. The Hall–Kier alpha value is -1.98. The average Bonchev–Trinajstić information content (AvgIpc) is 3.00. The van der Waals surface area contributed by atoms with Crippen LogP contribution in [0.1, 0.15) is 16.1 Å². The minimum atomic E-state index is -0.509. The number of nitrogens with zero attached hydrogens (tertiary/aromatic N) is 1. The van der Waals surface area contributed by atoms with E-state index in [4.69, 9.17) is 16.3 Å². The van der Waals surface area contributed by atoms with E-state index in [1.165, 1.54) is 23.4 Å². The Kier molecular flexibility index (Phi) is 5.46. The summed E-state index contributed by atoms with van der Waals surface area (Å²) >= 11 is 7.28. The fourth-order valence-electron chi connectivity index (χ4n) is 1.97. The quantitative estimate of drug-likeness (QED) is 0.475. The summed E-state index contributed by atoms with van der Waals surface area (Å²) in [4.78, 5) is 24.5. The highest BCUT2D eigenvalue weighted by molar-refractivity contribution is 8.01. The number of methoxy groups -OCH3 is 1. The van der Waals surface area contributed by atoms with E-state index in [-0.39, 0.29) is 11.5 Å². The molecule has 1 heterocycles. The lowest BCUT2D eigenvalue weighted by Crippen LogP contribution is -2.15. The summed E-state index contributed by atoms with van der Waals surface area (Å²) in [5.74, 6) is -0.728. The largest absolute Gasteiger partial charge is 0.464 e. The van der Waals surface area contributed by atoms with Gasteiger partial charge >= 0.3 is 5.97 Å². The van der Waals surface area contributed by atoms with Crippen LogP contribution in [0.5, 0.6) is 0 Å². The molecule has 2 rings (SSSR count). The number of hydrogen-bond donors (Lipinski definition) is 0. The van der Waals surface area contributed by atoms with Gasteiger partial charge in [-0.3, -0.25) is 4.79 Å². The Morgan fingerprint density at radius 2 is 2.05 bits per heavy atom. The van der Waals surface area contributed by atoms with Crippen LogP contribution in [0.2, 0.25) is 5.02 Å². The Morgan fingerprint density at radius 1 is 1.27 bits per heavy atom. The molecule has 22 heavy (non-hydrogen) atoms. The number of thioether (sulfide) groups is 1. The molecule has 0 atom stereocenters. The summed E-state index contributed by atoms with van der Waals surface area (Å²) in [6.07, 6.45) is 3.47. The van der Waals surface area contributed by atoms with Crippen molar-refractivity contribution in [1.82, 2.24) is 4.57 Å². The molecule has 0 aliphatic rings. The summed E-state index contributed by atoms with van der Waals surface area (Å²) < 4.78 is 6.29. The van der Waals surface area contributed by atoms with E-state index in [1.54, 1.807) is 48.0 Å². The third kappa shape index (κ3) is 3.43. The van der Waals surface area contributed by atoms with E-state index in [1.807, 2.05) is 6.26 Å². The van der Waals surface area contributed by atoms with E-state index in [2.05, 4.69) is 0 Å². The first-order valence-electron chi connectivity index (χ1n) is 6.37. The zero-order chi connectivity index (χ0) is 16.1. The number of aromatic nitrogens is 1. The van der Waals surface area contributed by atoms with Crippen molar-refractivity contribution >= 4 is 40.8 Å². The van der Waals surface area contributed by atoms with Crippen molar-refractivity contribution in [3.05, 3.63) is 64.3 Å². The number of rotatable bonds is 5. The summed E-state index contributed by atoms with van der Waals surface area (Å²) in [7, 11) is 1.30. The molecular weight excluding hydrogens is 322 g/mol. The van der Waals surface area contributed by atoms with Crippen molar-refractivity contribution in [3.8, 4) is 0 Å². The maximum absolute atomic E-state index is 12.6. The number of ketones is 1. The van der Waals surface area contributed by atoms with Crippen molar-refractivity contribution in [2.45, 2.75) is 0 Å². The molecule has 0 N–H and O–H groups in total. The first-order valence-corrected chi connectivity index (χ1v) is 8.04. The van der Waals surface area contributed by atoms with Crippen molar-refractivity contribution in [2.75, 3.05) is 13.4 Å². The summed E-state index contributed by atoms with van der Waals surface area (Å²) in [6.45, 7) is 0. The van der Waals surface area contributed by atoms with Gasteiger partial charge in [0, 0.05) is 22.2 Å². The highest BCUT2D eigenvalue weighted by Crippen LogP contribution is 2.20. The van der Waals surface area contributed by atoms with Gasteiger partial charge in [-0.1, -0.05) is 23.7 Å². The van der Waals surface area contributed by atoms with Crippen molar-refractivity contribution < 1.29 is 14.3 Å². The van der Waals surface area contributed by atoms with E-state index >= 15 is 0 Å². The van der Waals surface area contributed by atoms with Gasteiger partial charge in [-0.2, -0.15) is 0 Å². The van der Waals surface area contributed by atoms with Crippen molar-refractivity contribution in [1.29, 1.82) is 0 Å². The molecule has 1 aromatic carbocycles. The molecule has 2 aromatic rings. The predicted molar refractivity (Wildman–Crippen MR) is 89.1 cm³/mol. The summed E-state index contributed by atoms with van der Waals surface area (Å²) in [5, 5.41) is 2.12. The smallest absolute Gasteiger partial charge is 0.355 e. The zero-order valence-electron chi connectivity index (χ0n) is 12.1. The molecule has 1 aromatic heterocycles. The highest BCUT2D eigenvalue weighted by Gasteiger charge is 2.19. The monoisotopic (exact) mass is 335 g/mol. The third-order valence-corrected chi connectivity index (χ3v) is 3.65. The molecule has 114 valence electrons. The summed E-state index contributed by atoms with van der Waals surface area (Å²) in [5.41, 5.74) is 1.11. The normalized spacial score (nSPS) is 11.3. The molecule has 4 nitrogen and oxygen atoms in total. The Balaban J connectivity index is 2.47. The van der Waals surface area contributed by atoms with Gasteiger partial charge in [-0.15, -0.1) is 11.8 Å².